The zero-order chi connectivity index (χ0) is 22.6. The number of aromatic nitrogens is 3. The smallest absolute Gasteiger partial charge is 0.357 e. The van der Waals surface area contributed by atoms with Crippen LogP contribution in [0.4, 0.5) is 36.7 Å². The molecule has 0 unspecified atom stereocenters. The average Bonchev–Trinajstić information content (AvgIpc) is 2.71. The quantitative estimate of drug-likeness (QED) is 0.166. The van der Waals surface area contributed by atoms with Crippen molar-refractivity contribution in [3.8, 4) is 0 Å². The van der Waals surface area contributed by atoms with E-state index in [0.29, 0.717) is 0 Å². The van der Waals surface area contributed by atoms with Gasteiger partial charge < -0.3 is 10.6 Å². The maximum atomic E-state index is 12.9. The van der Waals surface area contributed by atoms with Gasteiger partial charge in [0.1, 0.15) is 0 Å². The fourth-order valence-electron chi connectivity index (χ4n) is 2.46. The second-order valence-electron chi connectivity index (χ2n) is 6.23. The van der Waals surface area contributed by atoms with E-state index in [1.54, 1.807) is 13.3 Å². The van der Waals surface area contributed by atoms with E-state index in [-0.39, 0.29) is 35.9 Å². The van der Waals surface area contributed by atoms with Crippen molar-refractivity contribution in [2.45, 2.75) is 13.1 Å². The Morgan fingerprint density at radius 2 is 1.69 bits per heavy atom. The van der Waals surface area contributed by atoms with Gasteiger partial charge in [0.25, 0.3) is 0 Å². The number of hydrogen-bond donors (Lipinski definition) is 3. The topological polar surface area (TPSA) is 87.1 Å². The Bertz CT molecular complexity index is 1130. The molecule has 0 aliphatic carbocycles. The molecule has 2 aromatic carbocycles. The minimum atomic E-state index is -4.44. The Morgan fingerprint density at radius 1 is 1.00 bits per heavy atom. The Hall–Kier alpha value is -1.94. The van der Waals surface area contributed by atoms with Crippen LogP contribution < -0.4 is 16.1 Å². The number of benzene rings is 2. The molecule has 0 aliphatic rings. The molecular formula is C19H17ClF3I2N7. The lowest BCUT2D eigenvalue weighted by molar-refractivity contribution is -0.137. The van der Waals surface area contributed by atoms with Crippen LogP contribution in [0.5, 0.6) is 0 Å². The molecule has 1 heterocycles. The van der Waals surface area contributed by atoms with Crippen molar-refractivity contribution in [3.05, 3.63) is 60.2 Å². The molecule has 0 radical (unpaired) electrons. The zero-order valence-corrected chi connectivity index (χ0v) is 21.8. The van der Waals surface area contributed by atoms with Crippen LogP contribution in [0.25, 0.3) is 0 Å². The van der Waals surface area contributed by atoms with Crippen LogP contribution in [-0.4, -0.2) is 28.2 Å². The van der Waals surface area contributed by atoms with Crippen molar-refractivity contribution in [1.82, 2.24) is 15.0 Å². The largest absolute Gasteiger partial charge is 0.416 e. The van der Waals surface area contributed by atoms with Crippen LogP contribution >= 0.6 is 57.6 Å². The van der Waals surface area contributed by atoms with Crippen LogP contribution in [0.15, 0.2) is 41.5 Å². The highest BCUT2D eigenvalue weighted by Gasteiger charge is 2.30. The van der Waals surface area contributed by atoms with Gasteiger partial charge in [-0.25, -0.2) is 5.43 Å². The van der Waals surface area contributed by atoms with Crippen LogP contribution in [0, 0.1) is 14.1 Å². The van der Waals surface area contributed by atoms with Crippen LogP contribution in [0.2, 0.25) is 0 Å². The van der Waals surface area contributed by atoms with E-state index in [2.05, 4.69) is 87.4 Å². The number of hydrazone groups is 1. The van der Waals surface area contributed by atoms with Crippen molar-refractivity contribution in [3.63, 3.8) is 0 Å². The first-order valence-corrected chi connectivity index (χ1v) is 10.9. The van der Waals surface area contributed by atoms with Gasteiger partial charge in [0, 0.05) is 19.9 Å². The molecule has 3 rings (SSSR count). The maximum absolute atomic E-state index is 12.9. The lowest BCUT2D eigenvalue weighted by atomic mass is 10.1. The van der Waals surface area contributed by atoms with Gasteiger partial charge in [-0.1, -0.05) is 6.07 Å². The third-order valence-corrected chi connectivity index (χ3v) is 5.77. The minimum absolute atomic E-state index is 0. The maximum Gasteiger partial charge on any atom is 0.416 e. The third kappa shape index (κ3) is 7.03. The first kappa shape index (κ1) is 26.3. The number of halogens is 6. The number of rotatable bonds is 6. The van der Waals surface area contributed by atoms with Crippen molar-refractivity contribution in [2.75, 3.05) is 23.1 Å². The van der Waals surface area contributed by atoms with Crippen molar-refractivity contribution in [1.29, 1.82) is 0 Å². The van der Waals surface area contributed by atoms with Gasteiger partial charge in [0.05, 0.1) is 11.8 Å². The minimum Gasteiger partial charge on any atom is -0.357 e. The lowest BCUT2D eigenvalue weighted by Crippen LogP contribution is -2.08. The van der Waals surface area contributed by atoms with E-state index in [4.69, 9.17) is 0 Å². The van der Waals surface area contributed by atoms with Gasteiger partial charge in [0.2, 0.25) is 17.8 Å². The Kier molecular flexibility index (Phi) is 9.27. The molecule has 32 heavy (non-hydrogen) atoms. The van der Waals surface area contributed by atoms with E-state index < -0.39 is 11.7 Å². The standard InChI is InChI=1S/C19H16F3I2N7.ClH/c1-10-11(6-13(23)8-15(10)24)9-26-31-18-29-16(25-2)28-17(30-18)27-14-5-3-4-12(7-14)19(20,21)22;/h3-9H,1-2H3,(H3,25,27,28,29,30,31);1H/b26-9+;. The Morgan fingerprint density at radius 3 is 2.38 bits per heavy atom. The molecule has 3 aromatic rings. The van der Waals surface area contributed by atoms with Crippen LogP contribution in [-0.2, 0) is 6.18 Å². The van der Waals surface area contributed by atoms with E-state index in [1.807, 2.05) is 13.0 Å². The Balaban J connectivity index is 0.00000363. The van der Waals surface area contributed by atoms with Gasteiger partial charge in [-0.3, -0.25) is 0 Å². The highest BCUT2D eigenvalue weighted by molar-refractivity contribution is 14.1. The van der Waals surface area contributed by atoms with Crippen molar-refractivity contribution >= 4 is 87.3 Å². The van der Waals surface area contributed by atoms with Gasteiger partial charge in [-0.05, 0) is 93.6 Å². The molecular weight excluding hydrogens is 673 g/mol. The summed E-state index contributed by atoms with van der Waals surface area (Å²) in [4.78, 5) is 12.5. The predicted octanol–water partition coefficient (Wildman–Crippen LogP) is 6.06. The molecule has 3 N–H and O–H groups in total. The van der Waals surface area contributed by atoms with Crippen LogP contribution in [0.3, 0.4) is 0 Å². The van der Waals surface area contributed by atoms with Gasteiger partial charge in [-0.2, -0.15) is 33.2 Å². The van der Waals surface area contributed by atoms with Gasteiger partial charge >= 0.3 is 6.18 Å². The molecule has 0 amide bonds. The normalized spacial score (nSPS) is 11.2. The molecule has 0 saturated carbocycles. The summed E-state index contributed by atoms with van der Waals surface area (Å²) in [5, 5.41) is 9.74. The molecule has 0 bridgehead atoms. The average molecular weight is 690 g/mol. The molecule has 13 heteroatoms. The Labute approximate surface area is 215 Å². The molecule has 0 aliphatic heterocycles. The highest BCUT2D eigenvalue weighted by Crippen LogP contribution is 2.31. The summed E-state index contributed by atoms with van der Waals surface area (Å²) in [7, 11) is 1.62. The van der Waals surface area contributed by atoms with Crippen molar-refractivity contribution < 1.29 is 13.2 Å². The fourth-order valence-corrected chi connectivity index (χ4v) is 4.35. The summed E-state index contributed by atoms with van der Waals surface area (Å²) in [5.41, 5.74) is 4.19. The summed E-state index contributed by atoms with van der Waals surface area (Å²) in [6, 6.07) is 8.83. The predicted molar refractivity (Wildman–Crippen MR) is 139 cm³/mol. The molecule has 0 saturated heterocycles. The molecule has 170 valence electrons. The lowest BCUT2D eigenvalue weighted by Gasteiger charge is -2.11. The molecule has 7 nitrogen and oxygen atoms in total. The fraction of sp³-hybridized carbons (Fsp3) is 0.158. The van der Waals surface area contributed by atoms with E-state index in [1.165, 1.54) is 12.1 Å². The monoisotopic (exact) mass is 689 g/mol. The second kappa shape index (κ2) is 11.3. The van der Waals surface area contributed by atoms with Crippen molar-refractivity contribution in [2.24, 2.45) is 5.10 Å². The van der Waals surface area contributed by atoms with E-state index >= 15 is 0 Å². The summed E-state index contributed by atoms with van der Waals surface area (Å²) >= 11 is 4.50. The number of nitrogens with zero attached hydrogens (tertiary/aromatic N) is 4. The number of hydrogen-bond acceptors (Lipinski definition) is 7. The number of anilines is 4. The molecule has 0 fully saturated rings. The number of alkyl halides is 3. The van der Waals surface area contributed by atoms with E-state index in [0.717, 1.165) is 30.4 Å². The van der Waals surface area contributed by atoms with E-state index in [9.17, 15) is 13.2 Å². The number of nitrogens with one attached hydrogen (secondary N) is 3. The SMILES string of the molecule is CNc1nc(N/N=C/c2cc(I)cc(I)c2C)nc(Nc2cccc(C(F)(F)F)c2)n1.Cl. The van der Waals surface area contributed by atoms with Crippen LogP contribution in [0.1, 0.15) is 16.7 Å². The van der Waals surface area contributed by atoms with Gasteiger partial charge in [0.15, 0.2) is 0 Å². The summed E-state index contributed by atoms with van der Waals surface area (Å²) in [6.07, 6.45) is -2.79. The molecule has 1 aromatic heterocycles. The zero-order valence-electron chi connectivity index (χ0n) is 16.6. The third-order valence-electron chi connectivity index (χ3n) is 4.02. The highest BCUT2D eigenvalue weighted by atomic mass is 127. The summed E-state index contributed by atoms with van der Waals surface area (Å²) < 4.78 is 41.0. The molecule has 0 atom stereocenters. The summed E-state index contributed by atoms with van der Waals surface area (Å²) in [6.45, 7) is 2.00. The second-order valence-corrected chi connectivity index (χ2v) is 8.64. The summed E-state index contributed by atoms with van der Waals surface area (Å²) in [5.74, 6) is 0.418. The van der Waals surface area contributed by atoms with Gasteiger partial charge in [-0.15, -0.1) is 12.4 Å². The first-order valence-electron chi connectivity index (χ1n) is 8.78. The first-order chi connectivity index (χ1) is 14.7. The molecule has 0 spiro atoms.